The van der Waals surface area contributed by atoms with E-state index >= 15 is 0 Å². The van der Waals surface area contributed by atoms with Crippen LogP contribution < -0.4 is 10.6 Å². The number of carbonyl (C=O) groups excluding carboxylic acids is 2. The molecule has 2 N–H and O–H groups in total. The van der Waals surface area contributed by atoms with Crippen LogP contribution in [0, 0.1) is 0 Å². The minimum atomic E-state index is -0.190. The fourth-order valence-corrected chi connectivity index (χ4v) is 4.83. The molecule has 1 aliphatic carbocycles. The van der Waals surface area contributed by atoms with Crippen LogP contribution in [-0.2, 0) is 4.79 Å². The SMILES string of the molecule is O=C(C[C@H]1NC(=O)c2ccccc21)NCCCSC1CCCCC1. The van der Waals surface area contributed by atoms with Gasteiger partial charge in [-0.05, 0) is 36.6 Å². The van der Waals surface area contributed by atoms with E-state index in [4.69, 9.17) is 0 Å². The van der Waals surface area contributed by atoms with Crippen molar-refractivity contribution in [2.45, 2.75) is 56.2 Å². The molecule has 24 heavy (non-hydrogen) atoms. The smallest absolute Gasteiger partial charge is 0.252 e. The van der Waals surface area contributed by atoms with Crippen molar-refractivity contribution < 1.29 is 9.59 Å². The highest BCUT2D eigenvalue weighted by Gasteiger charge is 2.29. The first kappa shape index (κ1) is 17.3. The van der Waals surface area contributed by atoms with Crippen molar-refractivity contribution in [3.8, 4) is 0 Å². The summed E-state index contributed by atoms with van der Waals surface area (Å²) in [5.74, 6) is 1.06. The Morgan fingerprint density at radius 3 is 2.83 bits per heavy atom. The second-order valence-corrected chi connectivity index (χ2v) is 8.06. The molecule has 2 amide bonds. The van der Waals surface area contributed by atoms with Crippen molar-refractivity contribution in [2.75, 3.05) is 12.3 Å². The molecule has 2 aliphatic rings. The van der Waals surface area contributed by atoms with Crippen molar-refractivity contribution in [2.24, 2.45) is 0 Å². The summed E-state index contributed by atoms with van der Waals surface area (Å²) in [7, 11) is 0. The number of benzene rings is 1. The number of carbonyl (C=O) groups is 2. The molecule has 0 aromatic heterocycles. The lowest BCUT2D eigenvalue weighted by Gasteiger charge is -2.20. The Morgan fingerprint density at radius 2 is 2.00 bits per heavy atom. The Balaban J connectivity index is 1.34. The first-order valence-electron chi connectivity index (χ1n) is 9.02. The van der Waals surface area contributed by atoms with Crippen LogP contribution in [0.1, 0.15) is 66.9 Å². The highest BCUT2D eigenvalue weighted by molar-refractivity contribution is 7.99. The zero-order valence-electron chi connectivity index (χ0n) is 14.1. The molecule has 1 saturated carbocycles. The molecule has 5 heteroatoms. The molecule has 4 nitrogen and oxygen atoms in total. The van der Waals surface area contributed by atoms with Gasteiger partial charge in [-0.1, -0.05) is 37.5 Å². The van der Waals surface area contributed by atoms with Gasteiger partial charge in [0.2, 0.25) is 5.91 Å². The Kier molecular flexibility index (Phi) is 6.18. The Morgan fingerprint density at radius 1 is 1.21 bits per heavy atom. The number of hydrogen-bond donors (Lipinski definition) is 2. The van der Waals surface area contributed by atoms with Gasteiger partial charge in [-0.2, -0.15) is 11.8 Å². The van der Waals surface area contributed by atoms with Crippen LogP contribution >= 0.6 is 11.8 Å². The summed E-state index contributed by atoms with van der Waals surface area (Å²) >= 11 is 2.06. The molecule has 130 valence electrons. The average molecular weight is 346 g/mol. The van der Waals surface area contributed by atoms with Crippen LogP contribution in [-0.4, -0.2) is 29.4 Å². The molecule has 0 spiro atoms. The first-order chi connectivity index (χ1) is 11.7. The molecule has 0 saturated heterocycles. The quantitative estimate of drug-likeness (QED) is 0.744. The van der Waals surface area contributed by atoms with Crippen molar-refractivity contribution in [1.29, 1.82) is 0 Å². The van der Waals surface area contributed by atoms with E-state index in [2.05, 4.69) is 22.4 Å². The molecular formula is C19H26N2O2S. The van der Waals surface area contributed by atoms with Crippen molar-refractivity contribution in [3.63, 3.8) is 0 Å². The summed E-state index contributed by atoms with van der Waals surface area (Å²) < 4.78 is 0. The van der Waals surface area contributed by atoms with E-state index in [1.807, 2.05) is 24.3 Å². The molecule has 3 rings (SSSR count). The maximum Gasteiger partial charge on any atom is 0.252 e. The normalized spacial score (nSPS) is 20.5. The van der Waals surface area contributed by atoms with E-state index in [9.17, 15) is 9.59 Å². The number of rotatable bonds is 7. The first-order valence-corrected chi connectivity index (χ1v) is 10.1. The third-order valence-electron chi connectivity index (χ3n) is 4.82. The highest BCUT2D eigenvalue weighted by atomic mass is 32.2. The molecule has 1 fully saturated rings. The molecule has 0 bridgehead atoms. The predicted molar refractivity (Wildman–Crippen MR) is 98.2 cm³/mol. The number of amides is 2. The summed E-state index contributed by atoms with van der Waals surface area (Å²) in [5, 5.41) is 6.71. The lowest BCUT2D eigenvalue weighted by atomic mass is 10.0. The van der Waals surface area contributed by atoms with Gasteiger partial charge in [0.25, 0.3) is 5.91 Å². The maximum atomic E-state index is 12.1. The van der Waals surface area contributed by atoms with Crippen LogP contribution in [0.5, 0.6) is 0 Å². The molecule has 1 aliphatic heterocycles. The summed E-state index contributed by atoms with van der Waals surface area (Å²) in [6, 6.07) is 7.30. The van der Waals surface area contributed by atoms with Gasteiger partial charge in [0.05, 0.1) is 12.5 Å². The summed E-state index contributed by atoms with van der Waals surface area (Å²) in [5.41, 5.74) is 1.63. The van der Waals surface area contributed by atoms with E-state index in [0.29, 0.717) is 12.0 Å². The standard InChI is InChI=1S/C19H26N2O2S/c22-18(20-11-6-12-24-14-7-2-1-3-8-14)13-17-15-9-4-5-10-16(15)19(23)21-17/h4-5,9-10,14,17H,1-3,6-8,11-13H2,(H,20,22)(H,21,23)/t17-/m1/s1. The summed E-state index contributed by atoms with van der Waals surface area (Å²) in [6.07, 6.45) is 8.20. The zero-order chi connectivity index (χ0) is 16.8. The second-order valence-electron chi connectivity index (χ2n) is 6.65. The fraction of sp³-hybridized carbons (Fsp3) is 0.579. The Hall–Kier alpha value is -1.49. The van der Waals surface area contributed by atoms with Crippen molar-refractivity contribution in [3.05, 3.63) is 35.4 Å². The zero-order valence-corrected chi connectivity index (χ0v) is 14.9. The molecule has 1 atom stereocenters. The number of nitrogens with one attached hydrogen (secondary N) is 2. The molecule has 1 aromatic carbocycles. The van der Waals surface area contributed by atoms with Gasteiger partial charge in [-0.3, -0.25) is 9.59 Å². The topological polar surface area (TPSA) is 58.2 Å². The van der Waals surface area contributed by atoms with Crippen LogP contribution in [0.2, 0.25) is 0 Å². The summed E-state index contributed by atoms with van der Waals surface area (Å²) in [6.45, 7) is 0.723. The van der Waals surface area contributed by atoms with E-state index in [1.54, 1.807) is 0 Å². The van der Waals surface area contributed by atoms with Crippen LogP contribution in [0.25, 0.3) is 0 Å². The average Bonchev–Trinajstić information content (AvgIpc) is 2.92. The van der Waals surface area contributed by atoms with E-state index in [-0.39, 0.29) is 17.9 Å². The second kappa shape index (κ2) is 8.56. The van der Waals surface area contributed by atoms with Crippen LogP contribution in [0.15, 0.2) is 24.3 Å². The van der Waals surface area contributed by atoms with Gasteiger partial charge < -0.3 is 10.6 Å². The molecular weight excluding hydrogens is 320 g/mol. The minimum absolute atomic E-state index is 0.0136. The number of thioether (sulfide) groups is 1. The third kappa shape index (κ3) is 4.53. The number of fused-ring (bicyclic) bond motifs is 1. The van der Waals surface area contributed by atoms with Crippen molar-refractivity contribution in [1.82, 2.24) is 10.6 Å². The van der Waals surface area contributed by atoms with E-state index in [1.165, 1.54) is 32.1 Å². The summed E-state index contributed by atoms with van der Waals surface area (Å²) in [4.78, 5) is 24.0. The third-order valence-corrected chi connectivity index (χ3v) is 6.29. The van der Waals surface area contributed by atoms with Crippen molar-refractivity contribution >= 4 is 23.6 Å². The van der Waals surface area contributed by atoms with Gasteiger partial charge in [-0.15, -0.1) is 0 Å². The van der Waals surface area contributed by atoms with Crippen LogP contribution in [0.4, 0.5) is 0 Å². The minimum Gasteiger partial charge on any atom is -0.356 e. The Bertz CT molecular complexity index is 584. The van der Waals surface area contributed by atoms with Gasteiger partial charge >= 0.3 is 0 Å². The van der Waals surface area contributed by atoms with Gasteiger partial charge in [0.1, 0.15) is 0 Å². The molecule has 0 radical (unpaired) electrons. The molecule has 1 aromatic rings. The lowest BCUT2D eigenvalue weighted by Crippen LogP contribution is -2.30. The predicted octanol–water partition coefficient (Wildman–Crippen LogP) is 3.43. The largest absolute Gasteiger partial charge is 0.356 e. The lowest BCUT2D eigenvalue weighted by molar-refractivity contribution is -0.121. The van der Waals surface area contributed by atoms with E-state index < -0.39 is 0 Å². The maximum absolute atomic E-state index is 12.1. The molecule has 1 heterocycles. The molecule has 0 unspecified atom stereocenters. The van der Waals surface area contributed by atoms with Gasteiger partial charge in [0, 0.05) is 17.4 Å². The fourth-order valence-electron chi connectivity index (χ4n) is 3.52. The van der Waals surface area contributed by atoms with Gasteiger partial charge in [-0.25, -0.2) is 0 Å². The monoisotopic (exact) mass is 346 g/mol. The number of hydrogen-bond acceptors (Lipinski definition) is 3. The van der Waals surface area contributed by atoms with Gasteiger partial charge in [0.15, 0.2) is 0 Å². The Labute approximate surface area is 148 Å². The highest BCUT2D eigenvalue weighted by Crippen LogP contribution is 2.29. The van der Waals surface area contributed by atoms with Crippen LogP contribution in [0.3, 0.4) is 0 Å². The van der Waals surface area contributed by atoms with E-state index in [0.717, 1.165) is 29.5 Å².